The third kappa shape index (κ3) is 3.20. The van der Waals surface area contributed by atoms with Crippen LogP contribution in [0.1, 0.15) is 11.1 Å². The Morgan fingerprint density at radius 1 is 1.05 bits per heavy atom. The molecule has 0 saturated heterocycles. The minimum atomic E-state index is -4.74. The number of nitrogens with one attached hydrogen (secondary N) is 1. The number of hydrogen-bond acceptors (Lipinski definition) is 2. The molecule has 20 heavy (non-hydrogen) atoms. The van der Waals surface area contributed by atoms with Crippen molar-refractivity contribution in [2.45, 2.75) is 12.7 Å². The maximum Gasteiger partial charge on any atom is 0.419 e. The Bertz CT molecular complexity index is 610. The molecule has 106 valence electrons. The number of phenolic OH excluding ortho intramolecular Hbond substituents is 1. The minimum absolute atomic E-state index is 0.0400. The zero-order valence-corrected chi connectivity index (χ0v) is 10.2. The fourth-order valence-electron chi connectivity index (χ4n) is 1.71. The van der Waals surface area contributed by atoms with Gasteiger partial charge in [0.25, 0.3) is 0 Å². The highest BCUT2D eigenvalue weighted by Gasteiger charge is 2.34. The smallest absolute Gasteiger partial charge is 0.419 e. The zero-order valence-electron chi connectivity index (χ0n) is 10.2. The zero-order chi connectivity index (χ0) is 14.8. The molecule has 6 heteroatoms. The second-order valence-corrected chi connectivity index (χ2v) is 4.17. The molecule has 0 fully saturated rings. The summed E-state index contributed by atoms with van der Waals surface area (Å²) < 4.78 is 50.7. The highest BCUT2D eigenvalue weighted by Crippen LogP contribution is 2.33. The van der Waals surface area contributed by atoms with Gasteiger partial charge in [-0.25, -0.2) is 4.39 Å². The molecule has 0 aliphatic heterocycles. The van der Waals surface area contributed by atoms with Crippen LogP contribution in [0, 0.1) is 5.82 Å². The van der Waals surface area contributed by atoms with Crippen LogP contribution >= 0.6 is 0 Å². The average Bonchev–Trinajstić information content (AvgIpc) is 2.38. The Hall–Kier alpha value is -2.24. The van der Waals surface area contributed by atoms with Crippen LogP contribution in [-0.2, 0) is 12.7 Å². The molecular formula is C14H11F4NO. The molecule has 2 aromatic carbocycles. The average molecular weight is 285 g/mol. The molecule has 0 aromatic heterocycles. The van der Waals surface area contributed by atoms with E-state index in [-0.39, 0.29) is 18.0 Å². The number of para-hydroxylation sites is 1. The van der Waals surface area contributed by atoms with Crippen LogP contribution in [0.3, 0.4) is 0 Å². The summed E-state index contributed by atoms with van der Waals surface area (Å²) in [4.78, 5) is 0. The van der Waals surface area contributed by atoms with Gasteiger partial charge in [-0.05, 0) is 24.3 Å². The first kappa shape index (κ1) is 14.2. The van der Waals surface area contributed by atoms with Gasteiger partial charge in [-0.15, -0.1) is 0 Å². The van der Waals surface area contributed by atoms with E-state index >= 15 is 0 Å². The molecule has 0 spiro atoms. The number of alkyl halides is 3. The van der Waals surface area contributed by atoms with Gasteiger partial charge in [0.1, 0.15) is 11.6 Å². The summed E-state index contributed by atoms with van der Waals surface area (Å²) in [5.74, 6) is -1.27. The second-order valence-electron chi connectivity index (χ2n) is 4.17. The standard InChI is InChI=1S/C14H11F4NO/c15-12-6-5-10(7-11(12)14(16,17)18)19-8-9-3-1-2-4-13(9)20/h1-7,19-20H,8H2. The van der Waals surface area contributed by atoms with Crippen molar-refractivity contribution in [1.82, 2.24) is 0 Å². The predicted octanol–water partition coefficient (Wildman–Crippen LogP) is 4.16. The number of benzene rings is 2. The molecule has 0 atom stereocenters. The normalized spacial score (nSPS) is 11.4. The summed E-state index contributed by atoms with van der Waals surface area (Å²) in [6, 6.07) is 9.12. The number of halogens is 4. The summed E-state index contributed by atoms with van der Waals surface area (Å²) in [5.41, 5.74) is -0.660. The number of aromatic hydroxyl groups is 1. The molecule has 0 aliphatic rings. The molecule has 0 heterocycles. The topological polar surface area (TPSA) is 32.3 Å². The summed E-state index contributed by atoms with van der Waals surface area (Å²) in [5, 5.41) is 12.3. The van der Waals surface area contributed by atoms with Crippen molar-refractivity contribution in [2.75, 3.05) is 5.32 Å². The van der Waals surface area contributed by atoms with Crippen LogP contribution in [0.4, 0.5) is 23.2 Å². The lowest BCUT2D eigenvalue weighted by atomic mass is 10.1. The monoisotopic (exact) mass is 285 g/mol. The van der Waals surface area contributed by atoms with E-state index < -0.39 is 17.6 Å². The molecule has 2 rings (SSSR count). The van der Waals surface area contributed by atoms with E-state index in [1.807, 2.05) is 0 Å². The first-order chi connectivity index (χ1) is 9.38. The van der Waals surface area contributed by atoms with Gasteiger partial charge in [-0.3, -0.25) is 0 Å². The van der Waals surface area contributed by atoms with Crippen molar-refractivity contribution in [3.63, 3.8) is 0 Å². The fourth-order valence-corrected chi connectivity index (χ4v) is 1.71. The van der Waals surface area contributed by atoms with Crippen molar-refractivity contribution < 1.29 is 22.7 Å². The maximum atomic E-state index is 13.1. The van der Waals surface area contributed by atoms with Crippen molar-refractivity contribution >= 4 is 5.69 Å². The number of rotatable bonds is 3. The third-order valence-corrected chi connectivity index (χ3v) is 2.75. The third-order valence-electron chi connectivity index (χ3n) is 2.75. The molecule has 2 N–H and O–H groups in total. The van der Waals surface area contributed by atoms with Crippen LogP contribution in [0.15, 0.2) is 42.5 Å². The van der Waals surface area contributed by atoms with Gasteiger partial charge in [0.15, 0.2) is 0 Å². The Morgan fingerprint density at radius 2 is 1.75 bits per heavy atom. The highest BCUT2D eigenvalue weighted by molar-refractivity contribution is 5.48. The van der Waals surface area contributed by atoms with Gasteiger partial charge in [-0.1, -0.05) is 18.2 Å². The van der Waals surface area contributed by atoms with E-state index in [0.717, 1.165) is 6.07 Å². The first-order valence-corrected chi connectivity index (χ1v) is 5.75. The molecular weight excluding hydrogens is 274 g/mol. The first-order valence-electron chi connectivity index (χ1n) is 5.75. The van der Waals surface area contributed by atoms with Crippen LogP contribution in [0.2, 0.25) is 0 Å². The maximum absolute atomic E-state index is 13.1. The summed E-state index contributed by atoms with van der Waals surface area (Å²) in [7, 11) is 0. The largest absolute Gasteiger partial charge is 0.508 e. The summed E-state index contributed by atoms with van der Waals surface area (Å²) in [6.45, 7) is 0.135. The molecule has 0 amide bonds. The summed E-state index contributed by atoms with van der Waals surface area (Å²) >= 11 is 0. The molecule has 0 saturated carbocycles. The predicted molar refractivity (Wildman–Crippen MR) is 66.8 cm³/mol. The van der Waals surface area contributed by atoms with Gasteiger partial charge < -0.3 is 10.4 Å². The van der Waals surface area contributed by atoms with E-state index in [4.69, 9.17) is 0 Å². The van der Waals surface area contributed by atoms with Gasteiger partial charge in [0.2, 0.25) is 0 Å². The fraction of sp³-hybridized carbons (Fsp3) is 0.143. The lowest BCUT2D eigenvalue weighted by Crippen LogP contribution is -2.09. The van der Waals surface area contributed by atoms with E-state index in [9.17, 15) is 22.7 Å². The Kier molecular flexibility index (Phi) is 3.83. The minimum Gasteiger partial charge on any atom is -0.508 e. The quantitative estimate of drug-likeness (QED) is 0.830. The Labute approximate surface area is 112 Å². The molecule has 0 unspecified atom stereocenters. The Balaban J connectivity index is 2.17. The van der Waals surface area contributed by atoms with E-state index in [1.165, 1.54) is 12.1 Å². The van der Waals surface area contributed by atoms with Crippen LogP contribution in [0.25, 0.3) is 0 Å². The van der Waals surface area contributed by atoms with Crippen LogP contribution in [-0.4, -0.2) is 5.11 Å². The second kappa shape index (κ2) is 5.40. The number of anilines is 1. The molecule has 2 nitrogen and oxygen atoms in total. The molecule has 0 bridgehead atoms. The van der Waals surface area contributed by atoms with Crippen molar-refractivity contribution in [1.29, 1.82) is 0 Å². The van der Waals surface area contributed by atoms with Gasteiger partial charge >= 0.3 is 6.18 Å². The lowest BCUT2D eigenvalue weighted by molar-refractivity contribution is -0.139. The SMILES string of the molecule is Oc1ccccc1CNc1ccc(F)c(C(F)(F)F)c1. The van der Waals surface area contributed by atoms with Crippen LogP contribution < -0.4 is 5.32 Å². The van der Waals surface area contributed by atoms with Gasteiger partial charge in [0.05, 0.1) is 5.56 Å². The molecule has 2 aromatic rings. The van der Waals surface area contributed by atoms with E-state index in [2.05, 4.69) is 5.32 Å². The van der Waals surface area contributed by atoms with Crippen molar-refractivity contribution in [3.8, 4) is 5.75 Å². The summed E-state index contributed by atoms with van der Waals surface area (Å²) in [6.07, 6.45) is -4.74. The lowest BCUT2D eigenvalue weighted by Gasteiger charge is -2.12. The van der Waals surface area contributed by atoms with Crippen molar-refractivity contribution in [2.24, 2.45) is 0 Å². The molecule has 0 radical (unpaired) electrons. The molecule has 0 aliphatic carbocycles. The van der Waals surface area contributed by atoms with Crippen molar-refractivity contribution in [3.05, 3.63) is 59.4 Å². The van der Waals surface area contributed by atoms with Crippen LogP contribution in [0.5, 0.6) is 5.75 Å². The van der Waals surface area contributed by atoms with E-state index in [0.29, 0.717) is 11.6 Å². The highest BCUT2D eigenvalue weighted by atomic mass is 19.4. The van der Waals surface area contributed by atoms with Gasteiger partial charge in [-0.2, -0.15) is 13.2 Å². The number of phenols is 1. The Morgan fingerprint density at radius 3 is 2.40 bits per heavy atom. The van der Waals surface area contributed by atoms with E-state index in [1.54, 1.807) is 18.2 Å². The van der Waals surface area contributed by atoms with Gasteiger partial charge in [0, 0.05) is 17.8 Å². The number of hydrogen-bond donors (Lipinski definition) is 2.